The minimum absolute atomic E-state index is 0.202. The van der Waals surface area contributed by atoms with Crippen LogP contribution in [0.25, 0.3) is 0 Å². The Morgan fingerprint density at radius 1 is 1.19 bits per heavy atom. The van der Waals surface area contributed by atoms with Gasteiger partial charge in [-0.3, -0.25) is 9.59 Å². The SMILES string of the molecule is CCOC(=O)CC1CCc2cc(NC(=O)c3ccc(C=NNC(=O)OC)cc3)ccc2O1. The van der Waals surface area contributed by atoms with E-state index in [2.05, 4.69) is 20.6 Å². The second-order valence-corrected chi connectivity index (χ2v) is 7.05. The van der Waals surface area contributed by atoms with Crippen LogP contribution in [0.1, 0.15) is 41.3 Å². The maximum Gasteiger partial charge on any atom is 0.427 e. The number of hydrazone groups is 1. The van der Waals surface area contributed by atoms with E-state index in [-0.39, 0.29) is 24.4 Å². The summed E-state index contributed by atoms with van der Waals surface area (Å²) in [5.41, 5.74) is 5.02. The molecule has 1 unspecified atom stereocenters. The van der Waals surface area contributed by atoms with Crippen molar-refractivity contribution in [3.05, 3.63) is 59.2 Å². The van der Waals surface area contributed by atoms with Crippen LogP contribution in [-0.4, -0.2) is 44.0 Å². The van der Waals surface area contributed by atoms with E-state index < -0.39 is 6.09 Å². The van der Waals surface area contributed by atoms with Crippen molar-refractivity contribution in [3.8, 4) is 5.75 Å². The molecule has 32 heavy (non-hydrogen) atoms. The molecule has 0 spiro atoms. The molecule has 2 aromatic carbocycles. The number of ether oxygens (including phenoxy) is 3. The molecule has 3 rings (SSSR count). The molecule has 0 aliphatic carbocycles. The van der Waals surface area contributed by atoms with Crippen LogP contribution < -0.4 is 15.5 Å². The molecule has 0 radical (unpaired) electrons. The largest absolute Gasteiger partial charge is 0.490 e. The van der Waals surface area contributed by atoms with Crippen LogP contribution in [0.3, 0.4) is 0 Å². The van der Waals surface area contributed by atoms with Crippen molar-refractivity contribution in [2.45, 2.75) is 32.3 Å². The number of aryl methyl sites for hydroxylation is 1. The predicted octanol–water partition coefficient (Wildman–Crippen LogP) is 3.28. The number of nitrogens with one attached hydrogen (secondary N) is 2. The van der Waals surface area contributed by atoms with E-state index in [0.29, 0.717) is 35.6 Å². The Kier molecular flexibility index (Phi) is 7.80. The summed E-state index contributed by atoms with van der Waals surface area (Å²) >= 11 is 0. The smallest absolute Gasteiger partial charge is 0.427 e. The number of benzene rings is 2. The van der Waals surface area contributed by atoms with E-state index in [1.807, 2.05) is 6.07 Å². The monoisotopic (exact) mass is 439 g/mol. The van der Waals surface area contributed by atoms with Gasteiger partial charge in [0.1, 0.15) is 11.9 Å². The van der Waals surface area contributed by atoms with Gasteiger partial charge in [0, 0.05) is 11.3 Å². The number of nitrogens with zero attached hydrogens (tertiary/aromatic N) is 1. The summed E-state index contributed by atoms with van der Waals surface area (Å²) in [6.45, 7) is 2.13. The molecule has 9 nitrogen and oxygen atoms in total. The van der Waals surface area contributed by atoms with Crippen molar-refractivity contribution in [3.63, 3.8) is 0 Å². The molecular weight excluding hydrogens is 414 g/mol. The molecule has 1 aliphatic rings. The van der Waals surface area contributed by atoms with Crippen molar-refractivity contribution in [1.82, 2.24) is 5.43 Å². The van der Waals surface area contributed by atoms with E-state index in [4.69, 9.17) is 9.47 Å². The van der Waals surface area contributed by atoms with Gasteiger partial charge >= 0.3 is 12.1 Å². The summed E-state index contributed by atoms with van der Waals surface area (Å²) in [6, 6.07) is 12.2. The lowest BCUT2D eigenvalue weighted by Crippen LogP contribution is -2.26. The molecule has 0 fully saturated rings. The summed E-state index contributed by atoms with van der Waals surface area (Å²) < 4.78 is 15.3. The molecule has 168 valence electrons. The second kappa shape index (κ2) is 10.9. The fourth-order valence-corrected chi connectivity index (χ4v) is 3.20. The third-order valence-electron chi connectivity index (χ3n) is 4.78. The number of carbonyl (C=O) groups is 3. The zero-order chi connectivity index (χ0) is 22.9. The summed E-state index contributed by atoms with van der Waals surface area (Å²) in [6.07, 6.45) is 2.25. The fraction of sp³-hybridized carbons (Fsp3) is 0.304. The Bertz CT molecular complexity index is 1000. The van der Waals surface area contributed by atoms with E-state index >= 15 is 0 Å². The first-order valence-electron chi connectivity index (χ1n) is 10.2. The molecule has 1 aliphatic heterocycles. The molecule has 0 aromatic heterocycles. The number of anilines is 1. The first-order chi connectivity index (χ1) is 15.5. The molecule has 2 N–H and O–H groups in total. The van der Waals surface area contributed by atoms with Gasteiger partial charge in [0.25, 0.3) is 5.91 Å². The van der Waals surface area contributed by atoms with Crippen molar-refractivity contribution < 1.29 is 28.6 Å². The van der Waals surface area contributed by atoms with Gasteiger partial charge in [0.2, 0.25) is 0 Å². The summed E-state index contributed by atoms with van der Waals surface area (Å²) in [5.74, 6) is 0.202. The Morgan fingerprint density at radius 2 is 1.97 bits per heavy atom. The van der Waals surface area contributed by atoms with Crippen molar-refractivity contribution in [2.75, 3.05) is 19.0 Å². The standard InChI is InChI=1S/C23H25N3O6/c1-3-31-21(27)13-19-10-8-17-12-18(9-11-20(17)32-19)25-22(28)16-6-4-15(5-7-16)14-24-26-23(29)30-2/h4-7,9,11-12,14,19H,3,8,10,13H2,1-2H3,(H,25,28)(H,26,29). The maximum absolute atomic E-state index is 12.6. The lowest BCUT2D eigenvalue weighted by molar-refractivity contribution is -0.145. The molecule has 0 saturated heterocycles. The second-order valence-electron chi connectivity index (χ2n) is 7.05. The zero-order valence-electron chi connectivity index (χ0n) is 17.9. The Hall–Kier alpha value is -3.88. The Labute approximate surface area is 185 Å². The van der Waals surface area contributed by atoms with Gasteiger partial charge in [-0.05, 0) is 61.2 Å². The minimum Gasteiger partial charge on any atom is -0.490 e. The molecule has 2 aromatic rings. The third kappa shape index (κ3) is 6.31. The zero-order valence-corrected chi connectivity index (χ0v) is 17.9. The number of hydrogen-bond donors (Lipinski definition) is 2. The molecule has 0 bridgehead atoms. The van der Waals surface area contributed by atoms with E-state index in [9.17, 15) is 14.4 Å². The van der Waals surface area contributed by atoms with Crippen LogP contribution in [0.15, 0.2) is 47.6 Å². The van der Waals surface area contributed by atoms with Crippen molar-refractivity contribution in [1.29, 1.82) is 0 Å². The van der Waals surface area contributed by atoms with Crippen LogP contribution >= 0.6 is 0 Å². The topological polar surface area (TPSA) is 115 Å². The van der Waals surface area contributed by atoms with E-state index in [1.165, 1.54) is 13.3 Å². The van der Waals surface area contributed by atoms with Gasteiger partial charge in [-0.1, -0.05) is 12.1 Å². The highest BCUT2D eigenvalue weighted by Gasteiger charge is 2.23. The number of fused-ring (bicyclic) bond motifs is 1. The minimum atomic E-state index is -0.665. The van der Waals surface area contributed by atoms with E-state index in [1.54, 1.807) is 43.3 Å². The Morgan fingerprint density at radius 3 is 2.69 bits per heavy atom. The third-order valence-corrected chi connectivity index (χ3v) is 4.78. The van der Waals surface area contributed by atoms with Crippen LogP contribution in [0.5, 0.6) is 5.75 Å². The molecular formula is C23H25N3O6. The normalized spacial score (nSPS) is 14.8. The number of esters is 1. The highest BCUT2D eigenvalue weighted by molar-refractivity contribution is 6.04. The van der Waals surface area contributed by atoms with Gasteiger partial charge < -0.3 is 19.5 Å². The first-order valence-corrected chi connectivity index (χ1v) is 10.2. The highest BCUT2D eigenvalue weighted by atomic mass is 16.5. The van der Waals surface area contributed by atoms with Crippen LogP contribution in [-0.2, 0) is 20.7 Å². The number of rotatable bonds is 7. The number of hydrogen-bond acceptors (Lipinski definition) is 7. The maximum atomic E-state index is 12.6. The molecule has 9 heteroatoms. The van der Waals surface area contributed by atoms with Crippen LogP contribution in [0.2, 0.25) is 0 Å². The summed E-state index contributed by atoms with van der Waals surface area (Å²) in [7, 11) is 1.25. The number of amides is 2. The van der Waals surface area contributed by atoms with Gasteiger partial charge in [-0.15, -0.1) is 0 Å². The Balaban J connectivity index is 1.57. The lowest BCUT2D eigenvalue weighted by Gasteiger charge is -2.26. The molecule has 1 atom stereocenters. The van der Waals surface area contributed by atoms with Gasteiger partial charge in [-0.2, -0.15) is 5.10 Å². The average molecular weight is 439 g/mol. The van der Waals surface area contributed by atoms with Gasteiger partial charge in [0.05, 0.1) is 26.4 Å². The molecule has 0 saturated carbocycles. The number of methoxy groups -OCH3 is 1. The summed E-state index contributed by atoms with van der Waals surface area (Å²) in [5, 5.41) is 6.62. The van der Waals surface area contributed by atoms with Gasteiger partial charge in [-0.25, -0.2) is 10.2 Å². The first kappa shape index (κ1) is 22.8. The molecule has 2 amide bonds. The predicted molar refractivity (Wildman–Crippen MR) is 118 cm³/mol. The van der Waals surface area contributed by atoms with Crippen molar-refractivity contribution >= 4 is 29.9 Å². The average Bonchev–Trinajstić information content (AvgIpc) is 2.79. The van der Waals surface area contributed by atoms with Crippen LogP contribution in [0.4, 0.5) is 10.5 Å². The lowest BCUT2D eigenvalue weighted by atomic mass is 10.00. The molecule has 1 heterocycles. The van der Waals surface area contributed by atoms with E-state index in [0.717, 1.165) is 12.0 Å². The van der Waals surface area contributed by atoms with Gasteiger partial charge in [0.15, 0.2) is 0 Å². The summed E-state index contributed by atoms with van der Waals surface area (Å²) in [4.78, 5) is 35.2. The fourth-order valence-electron chi connectivity index (χ4n) is 3.20. The highest BCUT2D eigenvalue weighted by Crippen LogP contribution is 2.31. The van der Waals surface area contributed by atoms with Crippen molar-refractivity contribution in [2.24, 2.45) is 5.10 Å². The number of carbonyl (C=O) groups excluding carboxylic acids is 3. The van der Waals surface area contributed by atoms with Crippen LogP contribution in [0, 0.1) is 0 Å². The quantitative estimate of drug-likeness (QED) is 0.389.